The third-order valence-corrected chi connectivity index (χ3v) is 2.08. The largest absolute Gasteiger partial charge is 0.387 e. The van der Waals surface area contributed by atoms with Crippen molar-refractivity contribution in [3.8, 4) is 0 Å². The fraction of sp³-hybridized carbons (Fsp3) is 0.400. The van der Waals surface area contributed by atoms with Crippen LogP contribution in [0.3, 0.4) is 0 Å². The van der Waals surface area contributed by atoms with Crippen LogP contribution in [0.2, 0.25) is 0 Å². The Hall–Kier alpha value is -0.930. The molecule has 0 saturated carbocycles. The Balaban J connectivity index is 3.03. The topological polar surface area (TPSA) is 46.2 Å². The molecule has 0 heterocycles. The highest BCUT2D eigenvalue weighted by atomic mass is 19.1. The second-order valence-corrected chi connectivity index (χ2v) is 3.08. The Morgan fingerprint density at radius 1 is 1.54 bits per heavy atom. The van der Waals surface area contributed by atoms with Crippen LogP contribution in [0, 0.1) is 6.92 Å². The smallest absolute Gasteiger partial charge is 0.115 e. The number of hydrogen-bond donors (Lipinski definition) is 2. The van der Waals surface area contributed by atoms with Crippen LogP contribution in [0.5, 0.6) is 0 Å². The first-order chi connectivity index (χ1) is 6.19. The summed E-state index contributed by atoms with van der Waals surface area (Å²) in [5.74, 6) is 0. The molecule has 0 aliphatic heterocycles. The maximum absolute atomic E-state index is 12.3. The summed E-state index contributed by atoms with van der Waals surface area (Å²) >= 11 is 0. The minimum absolute atomic E-state index is 0.163. The lowest BCUT2D eigenvalue weighted by Gasteiger charge is -2.12. The third kappa shape index (κ3) is 2.26. The van der Waals surface area contributed by atoms with Gasteiger partial charge in [0.25, 0.3) is 0 Å². The summed E-state index contributed by atoms with van der Waals surface area (Å²) in [5, 5.41) is 9.48. The molecule has 1 unspecified atom stereocenters. The third-order valence-electron chi connectivity index (χ3n) is 2.08. The summed E-state index contributed by atoms with van der Waals surface area (Å²) in [7, 11) is 0. The van der Waals surface area contributed by atoms with Gasteiger partial charge in [0.1, 0.15) is 6.67 Å². The first-order valence-electron chi connectivity index (χ1n) is 4.22. The number of rotatable bonds is 3. The highest BCUT2D eigenvalue weighted by Crippen LogP contribution is 2.18. The predicted molar refractivity (Wildman–Crippen MR) is 50.0 cm³/mol. The zero-order valence-electron chi connectivity index (χ0n) is 7.63. The summed E-state index contributed by atoms with van der Waals surface area (Å²) in [5.41, 5.74) is 7.56. The molecule has 0 bridgehead atoms. The molecule has 13 heavy (non-hydrogen) atoms. The van der Waals surface area contributed by atoms with E-state index in [0.717, 1.165) is 11.1 Å². The molecule has 72 valence electrons. The van der Waals surface area contributed by atoms with Crippen molar-refractivity contribution in [1.82, 2.24) is 0 Å². The van der Waals surface area contributed by atoms with Gasteiger partial charge in [-0.05, 0) is 23.6 Å². The van der Waals surface area contributed by atoms with Crippen LogP contribution in [0.15, 0.2) is 18.2 Å². The molecular formula is C10H14FNO. The van der Waals surface area contributed by atoms with E-state index >= 15 is 0 Å². The molecule has 0 aromatic heterocycles. The van der Waals surface area contributed by atoms with E-state index in [-0.39, 0.29) is 6.54 Å². The summed E-state index contributed by atoms with van der Waals surface area (Å²) in [6, 6.07) is 5.16. The molecule has 3 N–H and O–H groups in total. The molecule has 0 saturated heterocycles. The molecule has 0 radical (unpaired) electrons. The van der Waals surface area contributed by atoms with E-state index in [1.807, 2.05) is 6.92 Å². The van der Waals surface area contributed by atoms with E-state index in [9.17, 15) is 9.50 Å². The Morgan fingerprint density at radius 3 is 2.77 bits per heavy atom. The lowest BCUT2D eigenvalue weighted by Crippen LogP contribution is -2.12. The van der Waals surface area contributed by atoms with Crippen molar-refractivity contribution in [2.24, 2.45) is 5.73 Å². The lowest BCUT2D eigenvalue weighted by atomic mass is 10.0. The van der Waals surface area contributed by atoms with Gasteiger partial charge in [-0.25, -0.2) is 4.39 Å². The molecule has 1 aromatic rings. The number of benzene rings is 1. The Bertz CT molecular complexity index is 288. The standard InChI is InChI=1S/C10H14FNO/c1-7-2-3-8(5-11)4-9(7)10(13)6-12/h2-4,10,13H,5-6,12H2,1H3. The van der Waals surface area contributed by atoms with Crippen molar-refractivity contribution in [2.45, 2.75) is 19.7 Å². The van der Waals surface area contributed by atoms with Crippen molar-refractivity contribution < 1.29 is 9.50 Å². The SMILES string of the molecule is Cc1ccc(CF)cc1C(O)CN. The van der Waals surface area contributed by atoms with Gasteiger partial charge >= 0.3 is 0 Å². The minimum atomic E-state index is -0.688. The van der Waals surface area contributed by atoms with Crippen molar-refractivity contribution in [3.05, 3.63) is 34.9 Å². The number of hydrogen-bond acceptors (Lipinski definition) is 2. The van der Waals surface area contributed by atoms with Gasteiger partial charge in [0.15, 0.2) is 0 Å². The monoisotopic (exact) mass is 183 g/mol. The molecule has 0 amide bonds. The van der Waals surface area contributed by atoms with Crippen LogP contribution in [0.4, 0.5) is 4.39 Å². The highest BCUT2D eigenvalue weighted by Gasteiger charge is 2.08. The first kappa shape index (κ1) is 10.2. The number of alkyl halides is 1. The van der Waals surface area contributed by atoms with Crippen LogP contribution < -0.4 is 5.73 Å². The van der Waals surface area contributed by atoms with Gasteiger partial charge in [0.05, 0.1) is 6.10 Å². The van der Waals surface area contributed by atoms with Gasteiger partial charge < -0.3 is 10.8 Å². The number of halogens is 1. The van der Waals surface area contributed by atoms with E-state index in [1.165, 1.54) is 0 Å². The highest BCUT2D eigenvalue weighted by molar-refractivity contribution is 5.32. The number of nitrogens with two attached hydrogens (primary N) is 1. The summed E-state index contributed by atoms with van der Waals surface area (Å²) in [6.07, 6.45) is -0.688. The Kier molecular flexibility index (Phi) is 3.39. The van der Waals surface area contributed by atoms with Crippen LogP contribution in [-0.4, -0.2) is 11.7 Å². The molecule has 1 aromatic carbocycles. The Morgan fingerprint density at radius 2 is 2.23 bits per heavy atom. The minimum Gasteiger partial charge on any atom is -0.387 e. The normalized spacial score (nSPS) is 12.9. The van der Waals surface area contributed by atoms with E-state index in [4.69, 9.17) is 5.73 Å². The summed E-state index contributed by atoms with van der Waals surface area (Å²) in [6.45, 7) is 1.53. The van der Waals surface area contributed by atoms with Gasteiger partial charge in [0.2, 0.25) is 0 Å². The van der Waals surface area contributed by atoms with E-state index < -0.39 is 12.8 Å². The molecule has 1 atom stereocenters. The van der Waals surface area contributed by atoms with Crippen molar-refractivity contribution in [3.63, 3.8) is 0 Å². The van der Waals surface area contributed by atoms with E-state index in [1.54, 1.807) is 18.2 Å². The van der Waals surface area contributed by atoms with Gasteiger partial charge in [-0.2, -0.15) is 0 Å². The van der Waals surface area contributed by atoms with Crippen LogP contribution >= 0.6 is 0 Å². The predicted octanol–water partition coefficient (Wildman–Crippen LogP) is 1.46. The average molecular weight is 183 g/mol. The van der Waals surface area contributed by atoms with E-state index in [2.05, 4.69) is 0 Å². The molecule has 2 nitrogen and oxygen atoms in total. The van der Waals surface area contributed by atoms with Crippen LogP contribution in [0.25, 0.3) is 0 Å². The molecule has 0 spiro atoms. The van der Waals surface area contributed by atoms with Crippen molar-refractivity contribution in [2.75, 3.05) is 6.54 Å². The van der Waals surface area contributed by atoms with E-state index in [0.29, 0.717) is 5.56 Å². The fourth-order valence-electron chi connectivity index (χ4n) is 1.26. The maximum atomic E-state index is 12.3. The molecule has 1 rings (SSSR count). The average Bonchev–Trinajstić information content (AvgIpc) is 2.17. The number of aliphatic hydroxyl groups excluding tert-OH is 1. The molecule has 0 aliphatic carbocycles. The molecule has 0 fully saturated rings. The number of aliphatic hydroxyl groups is 1. The first-order valence-corrected chi connectivity index (χ1v) is 4.22. The molecular weight excluding hydrogens is 169 g/mol. The quantitative estimate of drug-likeness (QED) is 0.745. The number of aryl methyl sites for hydroxylation is 1. The second-order valence-electron chi connectivity index (χ2n) is 3.08. The van der Waals surface area contributed by atoms with Crippen molar-refractivity contribution >= 4 is 0 Å². The summed E-state index contributed by atoms with van der Waals surface area (Å²) < 4.78 is 12.3. The zero-order chi connectivity index (χ0) is 9.84. The fourth-order valence-corrected chi connectivity index (χ4v) is 1.26. The van der Waals surface area contributed by atoms with Gasteiger partial charge in [-0.3, -0.25) is 0 Å². The van der Waals surface area contributed by atoms with Crippen LogP contribution in [0.1, 0.15) is 22.8 Å². The summed E-state index contributed by atoms with van der Waals surface area (Å²) in [4.78, 5) is 0. The molecule has 3 heteroatoms. The second kappa shape index (κ2) is 4.35. The maximum Gasteiger partial charge on any atom is 0.115 e. The lowest BCUT2D eigenvalue weighted by molar-refractivity contribution is 0.186. The van der Waals surface area contributed by atoms with Gasteiger partial charge in [0, 0.05) is 6.54 Å². The van der Waals surface area contributed by atoms with Gasteiger partial charge in [-0.1, -0.05) is 18.2 Å². The van der Waals surface area contributed by atoms with Crippen LogP contribution in [-0.2, 0) is 6.67 Å². The Labute approximate surface area is 77.2 Å². The van der Waals surface area contributed by atoms with Gasteiger partial charge in [-0.15, -0.1) is 0 Å². The molecule has 0 aliphatic rings. The van der Waals surface area contributed by atoms with Crippen molar-refractivity contribution in [1.29, 1.82) is 0 Å². The zero-order valence-corrected chi connectivity index (χ0v) is 7.63.